The van der Waals surface area contributed by atoms with Crippen molar-refractivity contribution in [2.75, 3.05) is 25.1 Å². The molecule has 1 aromatic rings. The normalized spacial score (nSPS) is 19.2. The van der Waals surface area contributed by atoms with Crippen molar-refractivity contribution in [2.24, 2.45) is 0 Å². The van der Waals surface area contributed by atoms with Crippen molar-refractivity contribution in [1.82, 2.24) is 4.98 Å². The van der Waals surface area contributed by atoms with E-state index in [9.17, 15) is 0 Å². The number of nitrogens with one attached hydrogen (secondary N) is 1. The molecule has 1 aliphatic rings. The van der Waals surface area contributed by atoms with Gasteiger partial charge in [0.1, 0.15) is 5.82 Å². The molecule has 1 aromatic heterocycles. The van der Waals surface area contributed by atoms with Crippen LogP contribution in [0.2, 0.25) is 0 Å². The molecule has 0 saturated carbocycles. The molecule has 1 N–H and O–H groups in total. The van der Waals surface area contributed by atoms with E-state index >= 15 is 0 Å². The molecule has 0 amide bonds. The van der Waals surface area contributed by atoms with Gasteiger partial charge >= 0.3 is 0 Å². The average Bonchev–Trinajstić information content (AvgIpc) is 2.83. The first kappa shape index (κ1) is 12.2. The summed E-state index contributed by atoms with van der Waals surface area (Å²) in [5.74, 6) is 1.54. The first-order valence-corrected chi connectivity index (χ1v) is 6.34. The molecule has 0 bridgehead atoms. The lowest BCUT2D eigenvalue weighted by atomic mass is 10.2. The Morgan fingerprint density at radius 3 is 3.24 bits per heavy atom. The van der Waals surface area contributed by atoms with Crippen LogP contribution in [0.3, 0.4) is 0 Å². The number of ether oxygens (including phenoxy) is 2. The van der Waals surface area contributed by atoms with Gasteiger partial charge in [0.25, 0.3) is 0 Å². The highest BCUT2D eigenvalue weighted by Gasteiger charge is 2.14. The second-order valence-electron chi connectivity index (χ2n) is 4.14. The molecular formula is C13H20N2O2. The largest absolute Gasteiger partial charge is 0.478 e. The van der Waals surface area contributed by atoms with Crippen LogP contribution < -0.4 is 10.1 Å². The second-order valence-corrected chi connectivity index (χ2v) is 4.14. The van der Waals surface area contributed by atoms with Crippen LogP contribution >= 0.6 is 0 Å². The highest BCUT2D eigenvalue weighted by atomic mass is 16.5. The van der Waals surface area contributed by atoms with E-state index in [0.29, 0.717) is 18.6 Å². The number of nitrogens with zero attached hydrogens (tertiary/aromatic N) is 1. The molecule has 0 aromatic carbocycles. The van der Waals surface area contributed by atoms with E-state index in [1.165, 1.54) is 12.8 Å². The van der Waals surface area contributed by atoms with Gasteiger partial charge in [-0.25, -0.2) is 0 Å². The lowest BCUT2D eigenvalue weighted by molar-refractivity contribution is 0.107. The Hall–Kier alpha value is -1.29. The van der Waals surface area contributed by atoms with Gasteiger partial charge in [0.05, 0.1) is 12.7 Å². The maximum Gasteiger partial charge on any atom is 0.215 e. The molecule has 1 aliphatic heterocycles. The quantitative estimate of drug-likeness (QED) is 0.824. The zero-order chi connectivity index (χ0) is 11.9. The highest BCUT2D eigenvalue weighted by molar-refractivity contribution is 5.36. The van der Waals surface area contributed by atoms with Gasteiger partial charge < -0.3 is 14.8 Å². The average molecular weight is 236 g/mol. The van der Waals surface area contributed by atoms with Crippen molar-refractivity contribution in [2.45, 2.75) is 32.3 Å². The first-order chi connectivity index (χ1) is 8.38. The molecule has 0 spiro atoms. The van der Waals surface area contributed by atoms with Crippen LogP contribution in [0.4, 0.5) is 5.82 Å². The van der Waals surface area contributed by atoms with E-state index in [1.807, 2.05) is 25.1 Å². The summed E-state index contributed by atoms with van der Waals surface area (Å²) in [7, 11) is 0. The smallest absolute Gasteiger partial charge is 0.215 e. The standard InChI is InChI=1S/C13H20N2O2/c1-2-16-13-7-3-6-12(15-13)14-9-8-11-5-4-10-17-11/h3,6-7,11H,2,4-5,8-10H2,1H3,(H,14,15). The van der Waals surface area contributed by atoms with Crippen molar-refractivity contribution >= 4 is 5.82 Å². The summed E-state index contributed by atoms with van der Waals surface area (Å²) in [6.45, 7) is 4.42. The van der Waals surface area contributed by atoms with E-state index < -0.39 is 0 Å². The molecule has 2 rings (SSSR count). The second kappa shape index (κ2) is 6.45. The molecule has 0 radical (unpaired) electrons. The minimum Gasteiger partial charge on any atom is -0.478 e. The number of hydrogen-bond donors (Lipinski definition) is 1. The van der Waals surface area contributed by atoms with Crippen LogP contribution in [0.5, 0.6) is 5.88 Å². The summed E-state index contributed by atoms with van der Waals surface area (Å²) < 4.78 is 10.9. The van der Waals surface area contributed by atoms with Crippen LogP contribution in [0.25, 0.3) is 0 Å². The van der Waals surface area contributed by atoms with Gasteiger partial charge in [-0.05, 0) is 32.3 Å². The summed E-state index contributed by atoms with van der Waals surface area (Å²) >= 11 is 0. The molecule has 0 aliphatic carbocycles. The van der Waals surface area contributed by atoms with E-state index in [-0.39, 0.29) is 0 Å². The Kier molecular flexibility index (Phi) is 4.62. The predicted molar refractivity (Wildman–Crippen MR) is 67.5 cm³/mol. The van der Waals surface area contributed by atoms with E-state index in [0.717, 1.165) is 25.4 Å². The third-order valence-corrected chi connectivity index (χ3v) is 2.81. The van der Waals surface area contributed by atoms with Gasteiger partial charge in [-0.3, -0.25) is 0 Å². The van der Waals surface area contributed by atoms with E-state index in [1.54, 1.807) is 0 Å². The van der Waals surface area contributed by atoms with Crippen molar-refractivity contribution in [3.05, 3.63) is 18.2 Å². The minimum atomic E-state index is 0.428. The zero-order valence-electron chi connectivity index (χ0n) is 10.3. The van der Waals surface area contributed by atoms with Crippen molar-refractivity contribution in [3.8, 4) is 5.88 Å². The Morgan fingerprint density at radius 2 is 2.47 bits per heavy atom. The Morgan fingerprint density at radius 1 is 1.53 bits per heavy atom. The summed E-state index contributed by atoms with van der Waals surface area (Å²) in [6.07, 6.45) is 3.86. The summed E-state index contributed by atoms with van der Waals surface area (Å²) in [5, 5.41) is 3.30. The molecule has 94 valence electrons. The molecule has 17 heavy (non-hydrogen) atoms. The fraction of sp³-hybridized carbons (Fsp3) is 0.615. The van der Waals surface area contributed by atoms with Gasteiger partial charge in [0.2, 0.25) is 5.88 Å². The van der Waals surface area contributed by atoms with Gasteiger partial charge in [0.15, 0.2) is 0 Å². The topological polar surface area (TPSA) is 43.4 Å². The molecule has 2 heterocycles. The third-order valence-electron chi connectivity index (χ3n) is 2.81. The van der Waals surface area contributed by atoms with Crippen LogP contribution in [0.1, 0.15) is 26.2 Å². The van der Waals surface area contributed by atoms with Crippen molar-refractivity contribution < 1.29 is 9.47 Å². The third kappa shape index (κ3) is 3.89. The van der Waals surface area contributed by atoms with Crippen molar-refractivity contribution in [3.63, 3.8) is 0 Å². The molecule has 1 unspecified atom stereocenters. The predicted octanol–water partition coefficient (Wildman–Crippen LogP) is 2.46. The summed E-state index contributed by atoms with van der Waals surface area (Å²) in [6, 6.07) is 5.78. The summed E-state index contributed by atoms with van der Waals surface area (Å²) in [5.41, 5.74) is 0. The summed E-state index contributed by atoms with van der Waals surface area (Å²) in [4.78, 5) is 4.35. The number of hydrogen-bond acceptors (Lipinski definition) is 4. The maximum atomic E-state index is 5.57. The molecule has 4 heteroatoms. The maximum absolute atomic E-state index is 5.57. The first-order valence-electron chi connectivity index (χ1n) is 6.34. The molecular weight excluding hydrogens is 216 g/mol. The number of anilines is 1. The van der Waals surface area contributed by atoms with Crippen LogP contribution in [-0.4, -0.2) is 30.8 Å². The highest BCUT2D eigenvalue weighted by Crippen LogP contribution is 2.16. The zero-order valence-corrected chi connectivity index (χ0v) is 10.3. The van der Waals surface area contributed by atoms with Gasteiger partial charge in [-0.15, -0.1) is 0 Å². The van der Waals surface area contributed by atoms with Crippen LogP contribution in [0, 0.1) is 0 Å². The molecule has 4 nitrogen and oxygen atoms in total. The SMILES string of the molecule is CCOc1cccc(NCCC2CCCO2)n1. The number of pyridine rings is 1. The van der Waals surface area contributed by atoms with E-state index in [2.05, 4.69) is 10.3 Å². The Bertz CT molecular complexity index is 338. The molecule has 1 fully saturated rings. The van der Waals surface area contributed by atoms with Crippen LogP contribution in [-0.2, 0) is 4.74 Å². The van der Waals surface area contributed by atoms with Crippen molar-refractivity contribution in [1.29, 1.82) is 0 Å². The Labute approximate surface area is 102 Å². The fourth-order valence-corrected chi connectivity index (χ4v) is 1.97. The molecule has 1 saturated heterocycles. The van der Waals surface area contributed by atoms with E-state index in [4.69, 9.17) is 9.47 Å². The lowest BCUT2D eigenvalue weighted by Gasteiger charge is -2.11. The lowest BCUT2D eigenvalue weighted by Crippen LogP contribution is -2.13. The number of rotatable bonds is 6. The monoisotopic (exact) mass is 236 g/mol. The number of aromatic nitrogens is 1. The van der Waals surface area contributed by atoms with Gasteiger partial charge in [-0.2, -0.15) is 4.98 Å². The molecule has 1 atom stereocenters. The fourth-order valence-electron chi connectivity index (χ4n) is 1.97. The van der Waals surface area contributed by atoms with Crippen LogP contribution in [0.15, 0.2) is 18.2 Å². The van der Waals surface area contributed by atoms with Gasteiger partial charge in [-0.1, -0.05) is 6.07 Å². The Balaban J connectivity index is 1.75. The van der Waals surface area contributed by atoms with Gasteiger partial charge in [0, 0.05) is 19.2 Å². The minimum absolute atomic E-state index is 0.428.